The largest absolute Gasteiger partial charge is 0.495 e. The number of halogens is 3. The summed E-state index contributed by atoms with van der Waals surface area (Å²) in [5, 5.41) is 9.13. The quantitative estimate of drug-likeness (QED) is 0.664. The summed E-state index contributed by atoms with van der Waals surface area (Å²) >= 11 is 0. The van der Waals surface area contributed by atoms with E-state index in [1.165, 1.54) is 7.11 Å². The number of aromatic carboxylic acids is 1. The molecule has 1 saturated carbocycles. The molecule has 11 heteroatoms. The van der Waals surface area contributed by atoms with Crippen molar-refractivity contribution < 1.29 is 41.0 Å². The topological polar surface area (TPSA) is 102 Å². The van der Waals surface area contributed by atoms with Crippen LogP contribution in [0.2, 0.25) is 0 Å². The van der Waals surface area contributed by atoms with Gasteiger partial charge >= 0.3 is 12.1 Å². The Morgan fingerprint density at radius 3 is 2.33 bits per heavy atom. The summed E-state index contributed by atoms with van der Waals surface area (Å²) in [7, 11) is -3.32. The minimum absolute atomic E-state index is 0.0513. The number of sulfonamides is 1. The third kappa shape index (κ3) is 4.61. The molecule has 0 spiro atoms. The standard InChI is InChI=1S/C19H18F3NO6S/c1-28-16-7-5-11(18(24)25)9-17(16)30(26,27)23-14-10-12(19(20,21)22)6-8-15(14)29-13-3-2-4-13/h5-10,13,23H,2-4H2,1H3,(H,24,25). The van der Waals surface area contributed by atoms with Crippen molar-refractivity contribution in [2.45, 2.75) is 36.4 Å². The number of alkyl halides is 3. The second-order valence-corrected chi connectivity index (χ2v) is 8.31. The lowest BCUT2D eigenvalue weighted by atomic mass is 9.96. The second-order valence-electron chi connectivity index (χ2n) is 6.66. The van der Waals surface area contributed by atoms with Gasteiger partial charge in [0.1, 0.15) is 16.4 Å². The van der Waals surface area contributed by atoms with E-state index in [-0.39, 0.29) is 23.2 Å². The first-order valence-electron chi connectivity index (χ1n) is 8.83. The van der Waals surface area contributed by atoms with E-state index in [1.807, 2.05) is 0 Å². The smallest absolute Gasteiger partial charge is 0.416 e. The molecule has 162 valence electrons. The zero-order valence-corrected chi connectivity index (χ0v) is 16.5. The molecule has 2 aromatic rings. The van der Waals surface area contributed by atoms with Crippen molar-refractivity contribution in [3.63, 3.8) is 0 Å². The Morgan fingerprint density at radius 1 is 1.13 bits per heavy atom. The first-order valence-corrected chi connectivity index (χ1v) is 10.3. The van der Waals surface area contributed by atoms with Crippen LogP contribution in [0.3, 0.4) is 0 Å². The lowest BCUT2D eigenvalue weighted by Crippen LogP contribution is -2.25. The monoisotopic (exact) mass is 445 g/mol. The third-order valence-corrected chi connectivity index (χ3v) is 5.98. The zero-order valence-electron chi connectivity index (χ0n) is 15.7. The molecule has 2 N–H and O–H groups in total. The Balaban J connectivity index is 2.04. The molecule has 1 aliphatic rings. The molecule has 3 rings (SSSR count). The van der Waals surface area contributed by atoms with Gasteiger partial charge in [0.15, 0.2) is 0 Å². The molecular formula is C19H18F3NO6S. The average Bonchev–Trinajstić information content (AvgIpc) is 2.63. The van der Waals surface area contributed by atoms with E-state index in [1.54, 1.807) is 0 Å². The summed E-state index contributed by atoms with van der Waals surface area (Å²) in [5.74, 6) is -1.59. The van der Waals surface area contributed by atoms with E-state index < -0.39 is 38.3 Å². The fourth-order valence-electron chi connectivity index (χ4n) is 2.78. The number of rotatable bonds is 7. The third-order valence-electron chi connectivity index (χ3n) is 4.60. The van der Waals surface area contributed by atoms with Crippen molar-refractivity contribution in [1.82, 2.24) is 0 Å². The van der Waals surface area contributed by atoms with E-state index in [0.717, 1.165) is 36.8 Å². The highest BCUT2D eigenvalue weighted by Crippen LogP contribution is 2.38. The average molecular weight is 445 g/mol. The predicted molar refractivity (Wildman–Crippen MR) is 100 cm³/mol. The summed E-state index contributed by atoms with van der Waals surface area (Å²) < 4.78 is 78.0. The van der Waals surface area contributed by atoms with Crippen LogP contribution in [-0.2, 0) is 16.2 Å². The molecule has 2 aromatic carbocycles. The van der Waals surface area contributed by atoms with Crippen molar-refractivity contribution in [2.75, 3.05) is 11.8 Å². The van der Waals surface area contributed by atoms with Crippen LogP contribution in [0.25, 0.3) is 0 Å². The molecule has 0 bridgehead atoms. The van der Waals surface area contributed by atoms with Crippen LogP contribution < -0.4 is 14.2 Å². The van der Waals surface area contributed by atoms with Gasteiger partial charge in [-0.05, 0) is 55.7 Å². The summed E-state index contributed by atoms with van der Waals surface area (Å²) in [6, 6.07) is 5.66. The van der Waals surface area contributed by atoms with Gasteiger partial charge in [0.05, 0.1) is 30.0 Å². The van der Waals surface area contributed by atoms with Crippen LogP contribution in [0.1, 0.15) is 35.2 Å². The number of nitrogens with one attached hydrogen (secondary N) is 1. The summed E-state index contributed by atoms with van der Waals surface area (Å²) in [4.78, 5) is 10.7. The van der Waals surface area contributed by atoms with Crippen LogP contribution in [0.5, 0.6) is 11.5 Å². The minimum Gasteiger partial charge on any atom is -0.495 e. The number of carboxylic acids is 1. The van der Waals surface area contributed by atoms with Crippen molar-refractivity contribution in [2.24, 2.45) is 0 Å². The molecule has 0 heterocycles. The highest BCUT2D eigenvalue weighted by Gasteiger charge is 2.33. The summed E-state index contributed by atoms with van der Waals surface area (Å²) in [6.45, 7) is 0. The van der Waals surface area contributed by atoms with E-state index in [0.29, 0.717) is 18.9 Å². The van der Waals surface area contributed by atoms with Gasteiger partial charge in [-0.1, -0.05) is 0 Å². The van der Waals surface area contributed by atoms with Crippen LogP contribution in [0.4, 0.5) is 18.9 Å². The van der Waals surface area contributed by atoms with Gasteiger partial charge in [-0.25, -0.2) is 13.2 Å². The molecule has 0 unspecified atom stereocenters. The molecule has 30 heavy (non-hydrogen) atoms. The van der Waals surface area contributed by atoms with Gasteiger partial charge in [-0.15, -0.1) is 0 Å². The van der Waals surface area contributed by atoms with Crippen LogP contribution in [0.15, 0.2) is 41.3 Å². The molecule has 0 atom stereocenters. The SMILES string of the molecule is COc1ccc(C(=O)O)cc1S(=O)(=O)Nc1cc(C(F)(F)F)ccc1OC1CCC1. The Morgan fingerprint density at radius 2 is 1.80 bits per heavy atom. The molecule has 1 fully saturated rings. The predicted octanol–water partition coefficient (Wildman–Crippen LogP) is 4.14. The molecule has 0 aromatic heterocycles. The number of ether oxygens (including phenoxy) is 2. The number of benzene rings is 2. The van der Waals surface area contributed by atoms with Crippen LogP contribution in [0, 0.1) is 0 Å². The lowest BCUT2D eigenvalue weighted by Gasteiger charge is -2.28. The van der Waals surface area contributed by atoms with Crippen LogP contribution >= 0.6 is 0 Å². The molecule has 1 aliphatic carbocycles. The van der Waals surface area contributed by atoms with Crippen molar-refractivity contribution in [3.05, 3.63) is 47.5 Å². The normalized spacial score (nSPS) is 14.7. The number of hydrogen-bond acceptors (Lipinski definition) is 5. The molecule has 7 nitrogen and oxygen atoms in total. The molecule has 0 saturated heterocycles. The Hall–Kier alpha value is -2.95. The van der Waals surface area contributed by atoms with Gasteiger partial charge in [-0.3, -0.25) is 4.72 Å². The number of carboxylic acid groups (broad SMARTS) is 1. The van der Waals surface area contributed by atoms with E-state index >= 15 is 0 Å². The first kappa shape index (κ1) is 21.8. The van der Waals surface area contributed by atoms with Crippen molar-refractivity contribution in [3.8, 4) is 11.5 Å². The Bertz CT molecular complexity index is 1060. The maximum absolute atomic E-state index is 13.2. The number of methoxy groups -OCH3 is 1. The highest BCUT2D eigenvalue weighted by molar-refractivity contribution is 7.92. The maximum atomic E-state index is 13.2. The van der Waals surface area contributed by atoms with Crippen molar-refractivity contribution in [1.29, 1.82) is 0 Å². The fraction of sp³-hybridized carbons (Fsp3) is 0.316. The molecular weight excluding hydrogens is 427 g/mol. The van der Waals surface area contributed by atoms with E-state index in [9.17, 15) is 26.4 Å². The Labute approximate surface area is 170 Å². The fourth-order valence-corrected chi connectivity index (χ4v) is 4.03. The molecule has 0 amide bonds. The highest BCUT2D eigenvalue weighted by atomic mass is 32.2. The van der Waals surface area contributed by atoms with Gasteiger partial charge in [-0.2, -0.15) is 13.2 Å². The zero-order chi connectivity index (χ0) is 22.1. The molecule has 0 aliphatic heterocycles. The summed E-state index contributed by atoms with van der Waals surface area (Å²) in [5.41, 5.74) is -1.79. The summed E-state index contributed by atoms with van der Waals surface area (Å²) in [6.07, 6.45) is -2.58. The van der Waals surface area contributed by atoms with Gasteiger partial charge < -0.3 is 14.6 Å². The van der Waals surface area contributed by atoms with Gasteiger partial charge in [0.25, 0.3) is 10.0 Å². The number of hydrogen-bond donors (Lipinski definition) is 2. The second kappa shape index (κ2) is 8.05. The molecule has 0 radical (unpaired) electrons. The van der Waals surface area contributed by atoms with Gasteiger partial charge in [0, 0.05) is 0 Å². The first-order chi connectivity index (χ1) is 14.0. The van der Waals surface area contributed by atoms with Crippen molar-refractivity contribution >= 4 is 21.7 Å². The van der Waals surface area contributed by atoms with E-state index in [4.69, 9.17) is 14.6 Å². The van der Waals surface area contributed by atoms with Crippen LogP contribution in [-0.4, -0.2) is 32.7 Å². The van der Waals surface area contributed by atoms with E-state index in [2.05, 4.69) is 4.72 Å². The minimum atomic E-state index is -4.70. The number of anilines is 1. The Kier molecular flexibility index (Phi) is 5.84. The van der Waals surface area contributed by atoms with Gasteiger partial charge in [0.2, 0.25) is 0 Å². The lowest BCUT2D eigenvalue weighted by molar-refractivity contribution is -0.137. The number of carbonyl (C=O) groups is 1. The maximum Gasteiger partial charge on any atom is 0.416 e.